The number of rotatable bonds is 6. The van der Waals surface area contributed by atoms with Crippen molar-refractivity contribution in [1.82, 2.24) is 9.80 Å². The van der Waals surface area contributed by atoms with Crippen LogP contribution in [0.1, 0.15) is 25.7 Å². The molecule has 0 radical (unpaired) electrons. The first-order valence-corrected chi connectivity index (χ1v) is 8.84. The molecule has 3 rings (SSSR count). The molecule has 2 N–H and O–H groups in total. The number of carbonyl (C=O) groups is 2. The monoisotopic (exact) mass is 330 g/mol. The predicted octanol–water partition coefficient (Wildman–Crippen LogP) is 1.76. The maximum atomic E-state index is 12.2. The number of carbonyl (C=O) groups excluding carboxylic acids is 2. The zero-order valence-corrected chi connectivity index (χ0v) is 14.1. The van der Waals surface area contributed by atoms with Crippen LogP contribution in [0.4, 0.5) is 11.4 Å². The lowest BCUT2D eigenvalue weighted by Gasteiger charge is -2.17. The summed E-state index contributed by atoms with van der Waals surface area (Å²) < 4.78 is 0. The minimum atomic E-state index is -0.0295. The van der Waals surface area contributed by atoms with E-state index >= 15 is 0 Å². The normalized spacial score (nSPS) is 18.7. The van der Waals surface area contributed by atoms with Crippen molar-refractivity contribution in [2.75, 3.05) is 49.9 Å². The van der Waals surface area contributed by atoms with Gasteiger partial charge >= 0.3 is 0 Å². The summed E-state index contributed by atoms with van der Waals surface area (Å²) in [6.07, 6.45) is 4.65. The summed E-state index contributed by atoms with van der Waals surface area (Å²) in [7, 11) is 0. The number of hydrogen-bond donors (Lipinski definition) is 2. The first-order chi connectivity index (χ1) is 11.7. The maximum absolute atomic E-state index is 12.2. The number of nitrogens with zero attached hydrogens (tertiary/aromatic N) is 2. The lowest BCUT2D eigenvalue weighted by Crippen LogP contribution is -2.32. The second-order valence-corrected chi connectivity index (χ2v) is 6.61. The Kier molecular flexibility index (Phi) is 5.82. The summed E-state index contributed by atoms with van der Waals surface area (Å²) in [6, 6.07) is 7.38. The third-order valence-electron chi connectivity index (χ3n) is 4.61. The molecule has 0 aliphatic carbocycles. The Morgan fingerprint density at radius 1 is 0.750 bits per heavy atom. The molecule has 1 aromatic carbocycles. The zero-order chi connectivity index (χ0) is 16.8. The van der Waals surface area contributed by atoms with Gasteiger partial charge in [0.1, 0.15) is 0 Å². The summed E-state index contributed by atoms with van der Waals surface area (Å²) in [5.41, 5.74) is 1.33. The fourth-order valence-electron chi connectivity index (χ4n) is 3.37. The summed E-state index contributed by atoms with van der Waals surface area (Å²) in [5.74, 6) is -0.0590. The van der Waals surface area contributed by atoms with Crippen LogP contribution in [0.15, 0.2) is 24.3 Å². The average Bonchev–Trinajstić information content (AvgIpc) is 3.23. The predicted molar refractivity (Wildman–Crippen MR) is 95.0 cm³/mol. The van der Waals surface area contributed by atoms with Crippen molar-refractivity contribution in [3.8, 4) is 0 Å². The Balaban J connectivity index is 1.55. The Morgan fingerprint density at radius 3 is 1.50 bits per heavy atom. The van der Waals surface area contributed by atoms with Crippen LogP contribution in [0, 0.1) is 0 Å². The Morgan fingerprint density at radius 2 is 1.12 bits per heavy atom. The minimum absolute atomic E-state index is 0.0295. The van der Waals surface area contributed by atoms with E-state index in [1.807, 2.05) is 24.3 Å². The van der Waals surface area contributed by atoms with Gasteiger partial charge in [0.2, 0.25) is 11.8 Å². The van der Waals surface area contributed by atoms with Gasteiger partial charge in [-0.1, -0.05) is 12.1 Å². The quantitative estimate of drug-likeness (QED) is 0.834. The number of nitrogens with one attached hydrogen (secondary N) is 2. The summed E-state index contributed by atoms with van der Waals surface area (Å²) in [4.78, 5) is 28.7. The summed E-state index contributed by atoms with van der Waals surface area (Å²) >= 11 is 0. The molecule has 0 bridgehead atoms. The highest BCUT2D eigenvalue weighted by molar-refractivity contribution is 6.00. The fourth-order valence-corrected chi connectivity index (χ4v) is 3.37. The van der Waals surface area contributed by atoms with Gasteiger partial charge in [0.25, 0.3) is 0 Å². The van der Waals surface area contributed by atoms with Crippen molar-refractivity contribution < 1.29 is 9.59 Å². The van der Waals surface area contributed by atoms with Crippen LogP contribution in [-0.4, -0.2) is 60.9 Å². The molecule has 2 fully saturated rings. The van der Waals surface area contributed by atoms with E-state index in [9.17, 15) is 9.59 Å². The molecule has 2 saturated heterocycles. The van der Waals surface area contributed by atoms with Crippen molar-refractivity contribution in [3.63, 3.8) is 0 Å². The molecule has 2 aliphatic heterocycles. The smallest absolute Gasteiger partial charge is 0.238 e. The molecule has 24 heavy (non-hydrogen) atoms. The number of para-hydroxylation sites is 2. The number of amides is 2. The van der Waals surface area contributed by atoms with Crippen LogP contribution < -0.4 is 10.6 Å². The van der Waals surface area contributed by atoms with E-state index in [-0.39, 0.29) is 11.8 Å². The number of benzene rings is 1. The van der Waals surface area contributed by atoms with Gasteiger partial charge in [0.05, 0.1) is 24.5 Å². The topological polar surface area (TPSA) is 64.7 Å². The molecule has 0 atom stereocenters. The van der Waals surface area contributed by atoms with Gasteiger partial charge in [-0.25, -0.2) is 0 Å². The van der Waals surface area contributed by atoms with Crippen molar-refractivity contribution in [1.29, 1.82) is 0 Å². The van der Waals surface area contributed by atoms with Crippen LogP contribution in [0.5, 0.6) is 0 Å². The molecule has 2 amide bonds. The number of likely N-dealkylation sites (tertiary alicyclic amines) is 2. The first kappa shape index (κ1) is 16.9. The van der Waals surface area contributed by atoms with Crippen molar-refractivity contribution in [3.05, 3.63) is 24.3 Å². The van der Waals surface area contributed by atoms with Crippen LogP contribution in [0.25, 0.3) is 0 Å². The zero-order valence-electron chi connectivity index (χ0n) is 14.1. The van der Waals surface area contributed by atoms with Gasteiger partial charge in [-0.3, -0.25) is 19.4 Å². The molecule has 6 heteroatoms. The molecule has 2 aliphatic rings. The van der Waals surface area contributed by atoms with Crippen LogP contribution >= 0.6 is 0 Å². The number of hydrogen-bond acceptors (Lipinski definition) is 4. The molecule has 130 valence electrons. The van der Waals surface area contributed by atoms with Gasteiger partial charge < -0.3 is 10.6 Å². The number of anilines is 2. The second-order valence-electron chi connectivity index (χ2n) is 6.61. The molecule has 6 nitrogen and oxygen atoms in total. The minimum Gasteiger partial charge on any atom is -0.323 e. The Bertz CT molecular complexity index is 527. The third-order valence-corrected chi connectivity index (χ3v) is 4.61. The standard InChI is InChI=1S/C18H26N4O2/c23-17(13-21-9-3-4-10-21)19-15-7-1-2-8-16(15)20-18(24)14-22-11-5-6-12-22/h1-2,7-8H,3-6,9-14H2,(H,19,23)(H,20,24). The van der Waals surface area contributed by atoms with Crippen molar-refractivity contribution >= 4 is 23.2 Å². The summed E-state index contributed by atoms with van der Waals surface area (Å²) in [5, 5.41) is 5.85. The second kappa shape index (κ2) is 8.26. The average molecular weight is 330 g/mol. The highest BCUT2D eigenvalue weighted by Gasteiger charge is 2.18. The van der Waals surface area contributed by atoms with E-state index in [2.05, 4.69) is 20.4 Å². The van der Waals surface area contributed by atoms with Gasteiger partial charge in [-0.05, 0) is 64.0 Å². The molecular formula is C18H26N4O2. The maximum Gasteiger partial charge on any atom is 0.238 e. The van der Waals surface area contributed by atoms with E-state index in [0.717, 1.165) is 51.9 Å². The van der Waals surface area contributed by atoms with E-state index in [0.29, 0.717) is 24.5 Å². The Hall–Kier alpha value is -1.92. The molecule has 2 heterocycles. The van der Waals surface area contributed by atoms with E-state index in [1.165, 1.54) is 0 Å². The highest BCUT2D eigenvalue weighted by atomic mass is 16.2. The van der Waals surface area contributed by atoms with Crippen molar-refractivity contribution in [2.24, 2.45) is 0 Å². The van der Waals surface area contributed by atoms with Crippen LogP contribution in [0.2, 0.25) is 0 Å². The van der Waals surface area contributed by atoms with Gasteiger partial charge in [0, 0.05) is 0 Å². The first-order valence-electron chi connectivity index (χ1n) is 8.84. The molecule has 0 aromatic heterocycles. The van der Waals surface area contributed by atoms with Crippen molar-refractivity contribution in [2.45, 2.75) is 25.7 Å². The third kappa shape index (κ3) is 4.79. The summed E-state index contributed by atoms with van der Waals surface area (Å²) in [6.45, 7) is 4.78. The van der Waals surface area contributed by atoms with Crippen LogP contribution in [0.3, 0.4) is 0 Å². The molecule has 0 unspecified atom stereocenters. The molecular weight excluding hydrogens is 304 g/mol. The highest BCUT2D eigenvalue weighted by Crippen LogP contribution is 2.21. The largest absolute Gasteiger partial charge is 0.323 e. The van der Waals surface area contributed by atoms with Gasteiger partial charge in [-0.2, -0.15) is 0 Å². The Labute approximate surface area is 143 Å². The van der Waals surface area contributed by atoms with Gasteiger partial charge in [0.15, 0.2) is 0 Å². The van der Waals surface area contributed by atoms with E-state index in [1.54, 1.807) is 0 Å². The van der Waals surface area contributed by atoms with E-state index in [4.69, 9.17) is 0 Å². The van der Waals surface area contributed by atoms with Crippen LogP contribution in [-0.2, 0) is 9.59 Å². The lowest BCUT2D eigenvalue weighted by molar-refractivity contribution is -0.118. The molecule has 1 aromatic rings. The molecule has 0 spiro atoms. The van der Waals surface area contributed by atoms with E-state index < -0.39 is 0 Å². The SMILES string of the molecule is O=C(CN1CCCC1)Nc1ccccc1NC(=O)CN1CCCC1. The molecule has 0 saturated carbocycles. The lowest BCUT2D eigenvalue weighted by atomic mass is 10.2. The fraction of sp³-hybridized carbons (Fsp3) is 0.556. The van der Waals surface area contributed by atoms with Gasteiger partial charge in [-0.15, -0.1) is 0 Å².